The molecule has 0 unspecified atom stereocenters. The van der Waals surface area contributed by atoms with Gasteiger partial charge in [-0.2, -0.15) is 0 Å². The third kappa shape index (κ3) is 3.51. The monoisotopic (exact) mass is 333 g/mol. The molecule has 1 aromatic carbocycles. The van der Waals surface area contributed by atoms with Gasteiger partial charge >= 0.3 is 0 Å². The number of benzene rings is 1. The maximum absolute atomic E-state index is 12.9. The maximum atomic E-state index is 12.9. The zero-order valence-electron chi connectivity index (χ0n) is 14.8. The molecule has 1 aromatic rings. The van der Waals surface area contributed by atoms with E-state index in [-0.39, 0.29) is 5.91 Å². The molecule has 24 heavy (non-hydrogen) atoms. The molecule has 1 amide bonds. The van der Waals surface area contributed by atoms with Gasteiger partial charge in [-0.15, -0.1) is 0 Å². The summed E-state index contributed by atoms with van der Waals surface area (Å²) in [4.78, 5) is 16.6. The van der Waals surface area contributed by atoms with Crippen molar-refractivity contribution in [3.05, 3.63) is 23.8 Å². The molecule has 0 radical (unpaired) electrons. The van der Waals surface area contributed by atoms with Crippen molar-refractivity contribution in [2.24, 2.45) is 0 Å². The fraction of sp³-hybridized carbons (Fsp3) is 0.632. The van der Waals surface area contributed by atoms with Crippen LogP contribution in [-0.2, 0) is 0 Å². The molecule has 1 heterocycles. The number of methoxy groups -OCH3 is 2. The summed E-state index contributed by atoms with van der Waals surface area (Å²) in [6.07, 6.45) is 6.85. The van der Waals surface area contributed by atoms with Crippen LogP contribution in [0.2, 0.25) is 0 Å². The predicted octanol–water partition coefficient (Wildman–Crippen LogP) is 1.38. The molecular weight excluding hydrogens is 304 g/mol. The molecule has 1 aliphatic heterocycles. The van der Waals surface area contributed by atoms with Crippen LogP contribution in [0, 0.1) is 0 Å². The fourth-order valence-electron chi connectivity index (χ4n) is 4.14. The number of carbonyl (C=O) groups excluding carboxylic acids is 1. The number of hydrogen-bond acceptors (Lipinski definition) is 3. The highest BCUT2D eigenvalue weighted by Crippen LogP contribution is 2.31. The Kier molecular flexibility index (Phi) is 5.61. The Morgan fingerprint density at radius 3 is 2.42 bits per heavy atom. The molecular formula is C19H29N2O3+. The number of carbonyl (C=O) groups is 1. The minimum absolute atomic E-state index is 0.0495. The van der Waals surface area contributed by atoms with Gasteiger partial charge in [-0.1, -0.05) is 12.5 Å². The molecule has 0 atom stereocenters. The summed E-state index contributed by atoms with van der Waals surface area (Å²) in [7, 11) is 3.18. The Labute approximate surface area is 144 Å². The van der Waals surface area contributed by atoms with Crippen LogP contribution in [0.4, 0.5) is 0 Å². The van der Waals surface area contributed by atoms with Crippen molar-refractivity contribution < 1.29 is 19.2 Å². The van der Waals surface area contributed by atoms with Gasteiger partial charge in [-0.05, 0) is 37.8 Å². The Morgan fingerprint density at radius 1 is 1.08 bits per heavy atom. The zero-order chi connectivity index (χ0) is 16.9. The number of rotatable bonds is 4. The average molecular weight is 333 g/mol. The number of piperazine rings is 1. The molecule has 0 aromatic heterocycles. The Balaban J connectivity index is 1.65. The van der Waals surface area contributed by atoms with Gasteiger partial charge in [0, 0.05) is 0 Å². The number of ether oxygens (including phenoxy) is 2. The van der Waals surface area contributed by atoms with Gasteiger partial charge < -0.3 is 19.3 Å². The number of nitrogens with zero attached hydrogens (tertiary/aromatic N) is 1. The molecule has 5 nitrogen and oxygen atoms in total. The van der Waals surface area contributed by atoms with Crippen molar-refractivity contribution in [2.75, 3.05) is 40.4 Å². The standard InChI is InChI=1S/C19H28N2O3/c1-23-17-10-6-9-16(18(17)24-2)19(22)21-13-11-20(12-14-21)15-7-4-3-5-8-15/h6,9-10,15H,3-5,7-8,11-14H2,1-2H3/p+1. The van der Waals surface area contributed by atoms with Crippen LogP contribution in [0.15, 0.2) is 18.2 Å². The minimum Gasteiger partial charge on any atom is -0.493 e. The SMILES string of the molecule is COc1cccc(C(=O)N2CC[NH+](C3CCCCC3)CC2)c1OC. The lowest BCUT2D eigenvalue weighted by atomic mass is 9.94. The topological polar surface area (TPSA) is 43.2 Å². The van der Waals surface area contributed by atoms with E-state index >= 15 is 0 Å². The summed E-state index contributed by atoms with van der Waals surface area (Å²) >= 11 is 0. The summed E-state index contributed by atoms with van der Waals surface area (Å²) in [5, 5.41) is 0. The summed E-state index contributed by atoms with van der Waals surface area (Å²) in [6.45, 7) is 3.77. The minimum atomic E-state index is 0.0495. The Morgan fingerprint density at radius 2 is 1.79 bits per heavy atom. The summed E-state index contributed by atoms with van der Waals surface area (Å²) in [5.41, 5.74) is 0.595. The van der Waals surface area contributed by atoms with E-state index in [1.807, 2.05) is 23.1 Å². The molecule has 5 heteroatoms. The van der Waals surface area contributed by atoms with Crippen molar-refractivity contribution in [3.8, 4) is 11.5 Å². The maximum Gasteiger partial charge on any atom is 0.258 e. The van der Waals surface area contributed by atoms with Crippen LogP contribution in [0.1, 0.15) is 42.5 Å². The van der Waals surface area contributed by atoms with E-state index < -0.39 is 0 Å². The van der Waals surface area contributed by atoms with E-state index in [0.717, 1.165) is 32.2 Å². The van der Waals surface area contributed by atoms with Crippen LogP contribution < -0.4 is 14.4 Å². The number of para-hydroxylation sites is 1. The van der Waals surface area contributed by atoms with Crippen LogP contribution in [0.25, 0.3) is 0 Å². The second-order valence-electron chi connectivity index (χ2n) is 6.83. The van der Waals surface area contributed by atoms with Gasteiger partial charge in [0.25, 0.3) is 5.91 Å². The molecule has 1 aliphatic carbocycles. The number of hydrogen-bond donors (Lipinski definition) is 1. The first-order chi connectivity index (χ1) is 11.7. The van der Waals surface area contributed by atoms with E-state index in [2.05, 4.69) is 0 Å². The number of quaternary nitrogens is 1. The van der Waals surface area contributed by atoms with Crippen LogP contribution >= 0.6 is 0 Å². The molecule has 3 rings (SSSR count). The Hall–Kier alpha value is -1.75. The van der Waals surface area contributed by atoms with Crippen LogP contribution in [-0.4, -0.2) is 57.2 Å². The predicted molar refractivity (Wildman–Crippen MR) is 93.0 cm³/mol. The van der Waals surface area contributed by atoms with E-state index in [0.29, 0.717) is 17.1 Å². The lowest BCUT2D eigenvalue weighted by Gasteiger charge is -2.38. The molecule has 2 fully saturated rings. The van der Waals surface area contributed by atoms with Crippen molar-refractivity contribution in [1.82, 2.24) is 4.90 Å². The normalized spacial score (nSPS) is 20.0. The summed E-state index contributed by atoms with van der Waals surface area (Å²) in [5.74, 6) is 1.19. The molecule has 1 saturated heterocycles. The second-order valence-corrected chi connectivity index (χ2v) is 6.83. The number of nitrogens with one attached hydrogen (secondary N) is 1. The van der Waals surface area contributed by atoms with E-state index in [1.165, 1.54) is 32.1 Å². The highest BCUT2D eigenvalue weighted by molar-refractivity contribution is 5.97. The van der Waals surface area contributed by atoms with Crippen molar-refractivity contribution in [1.29, 1.82) is 0 Å². The summed E-state index contributed by atoms with van der Waals surface area (Å²) in [6, 6.07) is 6.30. The first-order valence-corrected chi connectivity index (χ1v) is 9.09. The largest absolute Gasteiger partial charge is 0.493 e. The molecule has 0 spiro atoms. The van der Waals surface area contributed by atoms with Gasteiger partial charge in [0.2, 0.25) is 0 Å². The van der Waals surface area contributed by atoms with E-state index in [4.69, 9.17) is 9.47 Å². The highest BCUT2D eigenvalue weighted by Gasteiger charge is 2.31. The third-order valence-electron chi connectivity index (χ3n) is 5.51. The van der Waals surface area contributed by atoms with Crippen LogP contribution in [0.3, 0.4) is 0 Å². The smallest absolute Gasteiger partial charge is 0.258 e. The lowest BCUT2D eigenvalue weighted by Crippen LogP contribution is -3.18. The highest BCUT2D eigenvalue weighted by atomic mass is 16.5. The average Bonchev–Trinajstić information content (AvgIpc) is 2.67. The first kappa shape index (κ1) is 17.1. The zero-order valence-corrected chi connectivity index (χ0v) is 14.8. The molecule has 1 saturated carbocycles. The lowest BCUT2D eigenvalue weighted by molar-refractivity contribution is -0.930. The van der Waals surface area contributed by atoms with Gasteiger partial charge in [-0.25, -0.2) is 0 Å². The van der Waals surface area contributed by atoms with Crippen LogP contribution in [0.5, 0.6) is 11.5 Å². The number of amides is 1. The first-order valence-electron chi connectivity index (χ1n) is 9.09. The second kappa shape index (κ2) is 7.88. The summed E-state index contributed by atoms with van der Waals surface area (Å²) < 4.78 is 10.7. The van der Waals surface area contributed by atoms with Crippen molar-refractivity contribution >= 4 is 5.91 Å². The Bertz CT molecular complexity index is 562. The van der Waals surface area contributed by atoms with Gasteiger partial charge in [0.15, 0.2) is 11.5 Å². The molecule has 0 bridgehead atoms. The van der Waals surface area contributed by atoms with Crippen molar-refractivity contribution in [2.45, 2.75) is 38.1 Å². The molecule has 1 N–H and O–H groups in total. The fourth-order valence-corrected chi connectivity index (χ4v) is 4.14. The quantitative estimate of drug-likeness (QED) is 0.905. The van der Waals surface area contributed by atoms with Gasteiger partial charge in [0.1, 0.15) is 0 Å². The van der Waals surface area contributed by atoms with E-state index in [1.54, 1.807) is 19.1 Å². The van der Waals surface area contributed by atoms with Gasteiger partial charge in [0.05, 0.1) is 52.0 Å². The molecule has 132 valence electrons. The molecule has 2 aliphatic rings. The van der Waals surface area contributed by atoms with Gasteiger partial charge in [-0.3, -0.25) is 4.79 Å². The third-order valence-corrected chi connectivity index (χ3v) is 5.51. The van der Waals surface area contributed by atoms with Crippen molar-refractivity contribution in [3.63, 3.8) is 0 Å². The van der Waals surface area contributed by atoms with E-state index in [9.17, 15) is 4.79 Å².